The van der Waals surface area contributed by atoms with Gasteiger partial charge in [0.1, 0.15) is 0 Å². The molecule has 0 radical (unpaired) electrons. The maximum absolute atomic E-state index is 15.2. The Hall–Kier alpha value is -3.63. The lowest BCUT2D eigenvalue weighted by Crippen LogP contribution is -2.13. The van der Waals surface area contributed by atoms with Gasteiger partial charge >= 0.3 is 0 Å². The molecule has 8 nitrogen and oxygen atoms in total. The van der Waals surface area contributed by atoms with Crippen molar-refractivity contribution in [3.05, 3.63) is 36.2 Å². The van der Waals surface area contributed by atoms with E-state index < -0.39 is 17.8 Å². The lowest BCUT2D eigenvalue weighted by Gasteiger charge is -2.18. The van der Waals surface area contributed by atoms with Gasteiger partial charge in [0.2, 0.25) is 6.41 Å². The highest BCUT2D eigenvalue weighted by atomic mass is 19.3. The third-order valence-electron chi connectivity index (χ3n) is 4.69. The normalized spacial score (nSPS) is 12.8. The second-order valence-electron chi connectivity index (χ2n) is 7.72. The largest absolute Gasteiger partial charge is 0.379 e. The molecule has 5 rings (SSSR count). The molecule has 32 heavy (non-hydrogen) atoms. The smallest absolute Gasteiger partial charge is 0.267 e. The Morgan fingerprint density at radius 3 is 2.56 bits per heavy atom. The van der Waals surface area contributed by atoms with E-state index in [0.717, 1.165) is 0 Å². The average molecular weight is 445 g/mol. The number of carbonyl (C=O) groups is 1. The van der Waals surface area contributed by atoms with Crippen LogP contribution >= 0.6 is 0 Å². The number of halogens is 3. The minimum Gasteiger partial charge on any atom is -0.379 e. The van der Waals surface area contributed by atoms with Crippen LogP contribution in [0.15, 0.2) is 24.8 Å². The molecule has 1 saturated carbocycles. The van der Waals surface area contributed by atoms with Gasteiger partial charge in [0.25, 0.3) is 6.43 Å². The zero-order chi connectivity index (χ0) is 22.8. The van der Waals surface area contributed by atoms with E-state index in [4.69, 9.17) is 0 Å². The summed E-state index contributed by atoms with van der Waals surface area (Å²) in [5.41, 5.74) is -0.113. The van der Waals surface area contributed by atoms with E-state index in [9.17, 15) is 13.6 Å². The number of carbonyl (C=O) groups excluding carboxylic acids is 1. The number of fused-ring (bicyclic) bond motifs is 2. The number of anilines is 2. The molecular weight excluding hydrogens is 423 g/mol. The zero-order valence-electron chi connectivity index (χ0n) is 17.5. The predicted octanol–water partition coefficient (Wildman–Crippen LogP) is 4.91. The van der Waals surface area contributed by atoms with E-state index in [1.165, 1.54) is 48.5 Å². The molecule has 168 valence electrons. The monoisotopic (exact) mass is 445 g/mol. The van der Waals surface area contributed by atoms with Crippen LogP contribution in [0.1, 0.15) is 45.1 Å². The van der Waals surface area contributed by atoms with Crippen LogP contribution in [0, 0.1) is 5.82 Å². The molecule has 1 aliphatic rings. The molecular formula is C21H22F3N7O. The van der Waals surface area contributed by atoms with Crippen molar-refractivity contribution >= 4 is 34.5 Å². The SMILES string of the molecule is C1CC1.CC(C)Nc1c(F)c(C(F)F)c(-c2cn3cc(NC=O)nc3cn2)c2cn[nH]c12. The Balaban J connectivity index is 0.000000754. The standard InChI is InChI=1S/C18H16F3N7O.C3H6/c1-8(2)25-17-15(19)14(18(20)21)13(9-3-24-27-16(9)17)10-5-28-6-11(23-7-29)26-12(28)4-22-10;1-2-3-1/h3-8,18,25H,1-2H3,(H,23,29)(H,24,27);1-3H2. The fourth-order valence-electron chi connectivity index (χ4n) is 3.23. The van der Waals surface area contributed by atoms with Crippen molar-refractivity contribution < 1.29 is 18.0 Å². The zero-order valence-corrected chi connectivity index (χ0v) is 17.5. The van der Waals surface area contributed by atoms with E-state index in [1.54, 1.807) is 13.8 Å². The molecule has 0 saturated heterocycles. The van der Waals surface area contributed by atoms with Gasteiger partial charge in [-0.05, 0) is 13.8 Å². The Morgan fingerprint density at radius 2 is 1.94 bits per heavy atom. The molecule has 4 aromatic rings. The van der Waals surface area contributed by atoms with Crippen molar-refractivity contribution in [2.45, 2.75) is 45.6 Å². The first-order valence-corrected chi connectivity index (χ1v) is 10.2. The number of nitrogens with one attached hydrogen (secondary N) is 3. The van der Waals surface area contributed by atoms with Gasteiger partial charge in [0.05, 0.1) is 41.1 Å². The summed E-state index contributed by atoms with van der Waals surface area (Å²) in [7, 11) is 0. The number of benzene rings is 1. The van der Waals surface area contributed by atoms with Crippen LogP contribution in [0.5, 0.6) is 0 Å². The summed E-state index contributed by atoms with van der Waals surface area (Å²) in [6.07, 6.45) is 7.54. The lowest BCUT2D eigenvalue weighted by molar-refractivity contribution is -0.105. The molecule has 0 atom stereocenters. The summed E-state index contributed by atoms with van der Waals surface area (Å²) in [6, 6.07) is -0.184. The summed E-state index contributed by atoms with van der Waals surface area (Å²) in [5.74, 6) is -0.791. The van der Waals surface area contributed by atoms with Gasteiger partial charge in [-0.15, -0.1) is 0 Å². The number of aromatic nitrogens is 5. The minimum atomic E-state index is -3.08. The first-order chi connectivity index (χ1) is 15.4. The van der Waals surface area contributed by atoms with E-state index in [2.05, 4.69) is 30.8 Å². The highest BCUT2D eigenvalue weighted by Gasteiger charge is 2.28. The van der Waals surface area contributed by atoms with Gasteiger partial charge in [0, 0.05) is 23.2 Å². The quantitative estimate of drug-likeness (QED) is 0.366. The van der Waals surface area contributed by atoms with Crippen LogP contribution in [0.4, 0.5) is 24.7 Å². The molecule has 0 aliphatic heterocycles. The Morgan fingerprint density at radius 1 is 1.19 bits per heavy atom. The third kappa shape index (κ3) is 4.23. The second-order valence-corrected chi connectivity index (χ2v) is 7.72. The first-order valence-electron chi connectivity index (χ1n) is 10.2. The summed E-state index contributed by atoms with van der Waals surface area (Å²) < 4.78 is 44.6. The number of amides is 1. The Kier molecular flexibility index (Phi) is 5.97. The molecule has 1 fully saturated rings. The summed E-state index contributed by atoms with van der Waals surface area (Å²) >= 11 is 0. The van der Waals surface area contributed by atoms with Crippen molar-refractivity contribution in [1.82, 2.24) is 24.6 Å². The maximum atomic E-state index is 15.2. The molecule has 1 amide bonds. The van der Waals surface area contributed by atoms with Gasteiger partial charge in [-0.2, -0.15) is 5.10 Å². The van der Waals surface area contributed by atoms with Gasteiger partial charge < -0.3 is 15.0 Å². The summed E-state index contributed by atoms with van der Waals surface area (Å²) in [4.78, 5) is 18.9. The average Bonchev–Trinajstić information content (AvgIpc) is 3.45. The van der Waals surface area contributed by atoms with Crippen molar-refractivity contribution in [2.24, 2.45) is 0 Å². The van der Waals surface area contributed by atoms with Crippen LogP contribution in [0.2, 0.25) is 0 Å². The predicted molar refractivity (Wildman–Crippen MR) is 115 cm³/mol. The van der Waals surface area contributed by atoms with Gasteiger partial charge in [-0.25, -0.2) is 18.2 Å². The van der Waals surface area contributed by atoms with Crippen molar-refractivity contribution in [2.75, 3.05) is 10.6 Å². The summed E-state index contributed by atoms with van der Waals surface area (Å²) in [6.45, 7) is 3.55. The fraction of sp³-hybridized carbons (Fsp3) is 0.333. The third-order valence-corrected chi connectivity index (χ3v) is 4.69. The van der Waals surface area contributed by atoms with E-state index in [0.29, 0.717) is 17.4 Å². The molecule has 11 heteroatoms. The van der Waals surface area contributed by atoms with Gasteiger partial charge in [-0.1, -0.05) is 19.3 Å². The van der Waals surface area contributed by atoms with Crippen molar-refractivity contribution in [1.29, 1.82) is 0 Å². The fourth-order valence-corrected chi connectivity index (χ4v) is 3.23. The number of H-pyrrole nitrogens is 1. The van der Waals surface area contributed by atoms with Crippen LogP contribution in [0.3, 0.4) is 0 Å². The van der Waals surface area contributed by atoms with Crippen LogP contribution in [0.25, 0.3) is 27.8 Å². The van der Waals surface area contributed by atoms with E-state index in [-0.39, 0.29) is 34.3 Å². The number of rotatable bonds is 6. The highest BCUT2D eigenvalue weighted by Crippen LogP contribution is 2.42. The Labute approximate surface area is 181 Å². The number of alkyl halides is 2. The van der Waals surface area contributed by atoms with Crippen LogP contribution in [-0.2, 0) is 4.79 Å². The van der Waals surface area contributed by atoms with Gasteiger partial charge in [-0.3, -0.25) is 14.9 Å². The maximum Gasteiger partial charge on any atom is 0.267 e. The molecule has 3 N–H and O–H groups in total. The topological polar surface area (TPSA) is 100 Å². The van der Waals surface area contributed by atoms with E-state index in [1.807, 2.05) is 0 Å². The molecule has 1 aliphatic carbocycles. The second kappa shape index (κ2) is 8.85. The van der Waals surface area contributed by atoms with Crippen molar-refractivity contribution in [3.63, 3.8) is 0 Å². The van der Waals surface area contributed by atoms with Crippen molar-refractivity contribution in [3.8, 4) is 11.3 Å². The number of imidazole rings is 1. The van der Waals surface area contributed by atoms with Crippen LogP contribution < -0.4 is 10.6 Å². The van der Waals surface area contributed by atoms with Gasteiger partial charge in [0.15, 0.2) is 17.3 Å². The van der Waals surface area contributed by atoms with Crippen LogP contribution in [-0.4, -0.2) is 37.0 Å². The summed E-state index contributed by atoms with van der Waals surface area (Å²) in [5, 5.41) is 12.2. The molecule has 0 bridgehead atoms. The first kappa shape index (κ1) is 21.6. The lowest BCUT2D eigenvalue weighted by atomic mass is 9.98. The molecule has 0 unspecified atom stereocenters. The molecule has 3 aromatic heterocycles. The minimum absolute atomic E-state index is 0.0592. The highest BCUT2D eigenvalue weighted by molar-refractivity contribution is 6.02. The molecule has 1 aromatic carbocycles. The number of aromatic amines is 1. The number of hydrogen-bond donors (Lipinski definition) is 3. The number of nitrogens with zero attached hydrogens (tertiary/aromatic N) is 4. The van der Waals surface area contributed by atoms with E-state index >= 15 is 4.39 Å². The number of hydrogen-bond acceptors (Lipinski definition) is 5. The Bertz CT molecular complexity index is 1260. The molecule has 0 spiro atoms. The molecule has 3 heterocycles.